The van der Waals surface area contributed by atoms with Crippen molar-refractivity contribution in [2.45, 2.75) is 69.6 Å². The Morgan fingerprint density at radius 2 is 1.97 bits per heavy atom. The first kappa shape index (κ1) is 23.1. The van der Waals surface area contributed by atoms with Gasteiger partial charge in [-0.2, -0.15) is 0 Å². The lowest BCUT2D eigenvalue weighted by Gasteiger charge is -2.24. The molecule has 3 aliphatic rings. The molecular weight excluding hydrogens is 430 g/mol. The normalized spacial score (nSPS) is 21.0. The predicted octanol–water partition coefficient (Wildman–Crippen LogP) is 4.22. The smallest absolute Gasteiger partial charge is 0.325 e. The number of aromatic nitrogens is 1. The first-order chi connectivity index (χ1) is 16.7. The maximum Gasteiger partial charge on any atom is 0.325 e. The molecule has 7 heteroatoms. The zero-order valence-corrected chi connectivity index (χ0v) is 19.7. The molecule has 5 rings (SSSR count). The van der Waals surface area contributed by atoms with E-state index in [1.807, 2.05) is 29.2 Å². The molecule has 0 radical (unpaired) electrons. The van der Waals surface area contributed by atoms with E-state index in [0.717, 1.165) is 81.5 Å². The van der Waals surface area contributed by atoms with Crippen LogP contribution in [0, 0.1) is 0 Å². The van der Waals surface area contributed by atoms with Crippen molar-refractivity contribution >= 4 is 11.7 Å². The van der Waals surface area contributed by atoms with E-state index in [1.54, 1.807) is 0 Å². The maximum atomic E-state index is 12.1. The number of nitrogens with one attached hydrogen (secondary N) is 1. The number of hydrogen-bond acceptors (Lipinski definition) is 6. The zero-order chi connectivity index (χ0) is 23.3. The van der Waals surface area contributed by atoms with Crippen molar-refractivity contribution in [2.75, 3.05) is 31.6 Å². The minimum absolute atomic E-state index is 0.0901. The molecule has 0 amide bonds. The first-order valence-corrected chi connectivity index (χ1v) is 12.7. The third-order valence-corrected chi connectivity index (χ3v) is 6.92. The number of rotatable bonds is 11. The van der Waals surface area contributed by atoms with Crippen LogP contribution in [0.3, 0.4) is 0 Å². The lowest BCUT2D eigenvalue weighted by atomic mass is 10.1. The number of benzene rings is 1. The van der Waals surface area contributed by atoms with Crippen molar-refractivity contribution in [3.8, 4) is 5.75 Å². The number of fused-ring (bicyclic) bond motifs is 1. The highest BCUT2D eigenvalue weighted by molar-refractivity contribution is 5.75. The Kier molecular flexibility index (Phi) is 7.30. The predicted molar refractivity (Wildman–Crippen MR) is 130 cm³/mol. The molecular formula is C27H35N3O4. The van der Waals surface area contributed by atoms with Gasteiger partial charge >= 0.3 is 5.97 Å². The lowest BCUT2D eigenvalue weighted by Crippen LogP contribution is -2.33. The molecule has 1 aliphatic carbocycles. The summed E-state index contributed by atoms with van der Waals surface area (Å²) in [7, 11) is 0. The van der Waals surface area contributed by atoms with Crippen molar-refractivity contribution in [2.24, 2.45) is 0 Å². The minimum atomic E-state index is -0.815. The Hall–Kier alpha value is -2.64. The molecule has 182 valence electrons. The number of anilines is 1. The highest BCUT2D eigenvalue weighted by atomic mass is 16.5. The highest BCUT2D eigenvalue weighted by Gasteiger charge is 2.34. The fraction of sp³-hybridized carbons (Fsp3) is 0.556. The largest absolute Gasteiger partial charge is 0.490 e. The molecule has 2 N–H and O–H groups in total. The number of aryl methyl sites for hydroxylation is 2. The van der Waals surface area contributed by atoms with Crippen LogP contribution in [0.5, 0.6) is 5.75 Å². The second kappa shape index (κ2) is 10.7. The third-order valence-electron chi connectivity index (χ3n) is 6.92. The summed E-state index contributed by atoms with van der Waals surface area (Å²) in [4.78, 5) is 18.9. The number of nitrogens with zero attached hydrogens (tertiary/aromatic N) is 2. The minimum Gasteiger partial charge on any atom is -0.490 e. The standard InChI is InChI=1S/C27H35N3O4/c31-27(32)26(19-6-9-21(10-7-19)34-22-11-12-22)30-16-14-23(18-30)33-17-2-1-4-20-8-13-24-25(29-20)5-3-15-28-24/h6-10,13,22-23,26,28H,1-5,11-12,14-18H2,(H,31,32)/t23-,26?/m1/s1. The molecule has 2 atom stereocenters. The summed E-state index contributed by atoms with van der Waals surface area (Å²) >= 11 is 0. The van der Waals surface area contributed by atoms with Gasteiger partial charge in [-0.25, -0.2) is 0 Å². The fourth-order valence-corrected chi connectivity index (χ4v) is 4.92. The molecule has 1 saturated carbocycles. The van der Waals surface area contributed by atoms with E-state index in [9.17, 15) is 9.90 Å². The van der Waals surface area contributed by atoms with Gasteiger partial charge in [0.2, 0.25) is 0 Å². The molecule has 1 unspecified atom stereocenters. The lowest BCUT2D eigenvalue weighted by molar-refractivity contribution is -0.143. The van der Waals surface area contributed by atoms with Gasteiger partial charge in [0.15, 0.2) is 0 Å². The van der Waals surface area contributed by atoms with Crippen molar-refractivity contribution < 1.29 is 19.4 Å². The Morgan fingerprint density at radius 1 is 1.12 bits per heavy atom. The molecule has 3 heterocycles. The van der Waals surface area contributed by atoms with Crippen LogP contribution in [0.25, 0.3) is 0 Å². The summed E-state index contributed by atoms with van der Waals surface area (Å²) < 4.78 is 11.9. The number of unbranched alkanes of at least 4 members (excludes halogenated alkanes) is 1. The number of hydrogen-bond donors (Lipinski definition) is 2. The maximum absolute atomic E-state index is 12.1. The summed E-state index contributed by atoms with van der Waals surface area (Å²) in [5.41, 5.74) is 4.34. The van der Waals surface area contributed by atoms with Gasteiger partial charge in [0.05, 0.1) is 23.6 Å². The van der Waals surface area contributed by atoms with Gasteiger partial charge in [-0.05, 0) is 81.2 Å². The van der Waals surface area contributed by atoms with Gasteiger partial charge in [-0.15, -0.1) is 0 Å². The third kappa shape index (κ3) is 5.88. The van der Waals surface area contributed by atoms with Crippen LogP contribution in [-0.2, 0) is 22.4 Å². The van der Waals surface area contributed by atoms with Crippen LogP contribution in [0.1, 0.15) is 61.5 Å². The van der Waals surface area contributed by atoms with Crippen LogP contribution >= 0.6 is 0 Å². The molecule has 2 aliphatic heterocycles. The molecule has 1 aromatic heterocycles. The van der Waals surface area contributed by atoms with Crippen LogP contribution in [0.2, 0.25) is 0 Å². The van der Waals surface area contributed by atoms with Gasteiger partial charge < -0.3 is 19.9 Å². The number of likely N-dealkylation sites (tertiary alicyclic amines) is 1. The highest BCUT2D eigenvalue weighted by Crippen LogP contribution is 2.30. The van der Waals surface area contributed by atoms with E-state index in [1.165, 1.54) is 11.4 Å². The van der Waals surface area contributed by atoms with Gasteiger partial charge in [0.25, 0.3) is 0 Å². The Balaban J connectivity index is 1.05. The Morgan fingerprint density at radius 3 is 2.76 bits per heavy atom. The molecule has 0 spiro atoms. The molecule has 1 saturated heterocycles. The van der Waals surface area contributed by atoms with E-state index in [2.05, 4.69) is 17.4 Å². The molecule has 2 aromatic rings. The number of carboxylic acids is 1. The van der Waals surface area contributed by atoms with E-state index in [0.29, 0.717) is 19.3 Å². The number of aliphatic carboxylic acids is 1. The average molecular weight is 466 g/mol. The topological polar surface area (TPSA) is 83.9 Å². The van der Waals surface area contributed by atoms with Crippen molar-refractivity contribution in [3.05, 3.63) is 53.3 Å². The summed E-state index contributed by atoms with van der Waals surface area (Å²) in [6.07, 6.45) is 8.72. The van der Waals surface area contributed by atoms with Crippen molar-refractivity contribution in [1.82, 2.24) is 9.88 Å². The van der Waals surface area contributed by atoms with Crippen LogP contribution < -0.4 is 10.1 Å². The SMILES string of the molecule is O=C(O)C(c1ccc(OC2CC2)cc1)N1CC[C@@H](OCCCCc2ccc3c(n2)CCCN3)C1. The molecule has 2 fully saturated rings. The van der Waals surface area contributed by atoms with E-state index < -0.39 is 12.0 Å². The number of pyridine rings is 1. The summed E-state index contributed by atoms with van der Waals surface area (Å²) in [6, 6.07) is 11.2. The summed E-state index contributed by atoms with van der Waals surface area (Å²) in [5.74, 6) is 0.00420. The van der Waals surface area contributed by atoms with E-state index in [4.69, 9.17) is 14.5 Å². The molecule has 1 aromatic carbocycles. The summed E-state index contributed by atoms with van der Waals surface area (Å²) in [6.45, 7) is 3.13. The van der Waals surface area contributed by atoms with Crippen LogP contribution in [0.4, 0.5) is 5.69 Å². The number of ether oxygens (including phenoxy) is 2. The fourth-order valence-electron chi connectivity index (χ4n) is 4.92. The monoisotopic (exact) mass is 465 g/mol. The molecule has 34 heavy (non-hydrogen) atoms. The van der Waals surface area contributed by atoms with Gasteiger partial charge in [-0.1, -0.05) is 12.1 Å². The van der Waals surface area contributed by atoms with Crippen LogP contribution in [0.15, 0.2) is 36.4 Å². The van der Waals surface area contributed by atoms with Gasteiger partial charge in [0, 0.05) is 31.9 Å². The Labute approximate surface area is 201 Å². The first-order valence-electron chi connectivity index (χ1n) is 12.7. The Bertz CT molecular complexity index is 976. The van der Waals surface area contributed by atoms with Crippen LogP contribution in [-0.4, -0.2) is 59.4 Å². The number of carboxylic acid groups (broad SMARTS) is 1. The summed E-state index contributed by atoms with van der Waals surface area (Å²) in [5, 5.41) is 13.3. The van der Waals surface area contributed by atoms with E-state index in [-0.39, 0.29) is 6.10 Å². The van der Waals surface area contributed by atoms with E-state index >= 15 is 0 Å². The van der Waals surface area contributed by atoms with Gasteiger partial charge in [-0.3, -0.25) is 14.7 Å². The molecule has 7 nitrogen and oxygen atoms in total. The molecule has 0 bridgehead atoms. The second-order valence-electron chi connectivity index (χ2n) is 9.69. The zero-order valence-electron chi connectivity index (χ0n) is 19.7. The average Bonchev–Trinajstić information content (AvgIpc) is 3.55. The number of carbonyl (C=O) groups is 1. The van der Waals surface area contributed by atoms with Crippen molar-refractivity contribution in [3.63, 3.8) is 0 Å². The quantitative estimate of drug-likeness (QED) is 0.481. The van der Waals surface area contributed by atoms with Gasteiger partial charge in [0.1, 0.15) is 11.8 Å². The van der Waals surface area contributed by atoms with Crippen molar-refractivity contribution in [1.29, 1.82) is 0 Å². The second-order valence-corrected chi connectivity index (χ2v) is 9.69.